The first-order chi connectivity index (χ1) is 4.25. The molecule has 0 saturated carbocycles. The molecule has 0 aliphatic heterocycles. The van der Waals surface area contributed by atoms with Crippen LogP contribution in [0.25, 0.3) is 0 Å². The SMILES string of the molecule is CNc1noc(=O)n1C. The highest BCUT2D eigenvalue weighted by Crippen LogP contribution is 1.91. The summed E-state index contributed by atoms with van der Waals surface area (Å²) in [4.78, 5) is 10.5. The van der Waals surface area contributed by atoms with Gasteiger partial charge in [-0.1, -0.05) is 0 Å². The predicted octanol–water partition coefficient (Wildman–Crippen LogP) is -0.585. The molecule has 0 unspecified atom stereocenters. The van der Waals surface area contributed by atoms with Crippen molar-refractivity contribution >= 4 is 5.95 Å². The maximum atomic E-state index is 10.5. The van der Waals surface area contributed by atoms with Crippen LogP contribution in [0.1, 0.15) is 0 Å². The lowest BCUT2D eigenvalue weighted by Gasteiger charge is -1.90. The maximum absolute atomic E-state index is 10.5. The zero-order valence-electron chi connectivity index (χ0n) is 5.21. The normalized spacial score (nSPS) is 9.56. The first-order valence-corrected chi connectivity index (χ1v) is 2.46. The summed E-state index contributed by atoms with van der Waals surface area (Å²) in [6.45, 7) is 0. The number of aromatic nitrogens is 2. The van der Waals surface area contributed by atoms with Crippen LogP contribution in [0.3, 0.4) is 0 Å². The van der Waals surface area contributed by atoms with Crippen molar-refractivity contribution in [2.45, 2.75) is 0 Å². The Morgan fingerprint density at radius 2 is 2.44 bits per heavy atom. The Morgan fingerprint density at radius 1 is 1.78 bits per heavy atom. The average molecular weight is 129 g/mol. The number of nitrogens with zero attached hydrogens (tertiary/aromatic N) is 2. The topological polar surface area (TPSA) is 60.1 Å². The van der Waals surface area contributed by atoms with E-state index in [1.807, 2.05) is 0 Å². The monoisotopic (exact) mass is 129 g/mol. The van der Waals surface area contributed by atoms with E-state index in [1.165, 1.54) is 4.57 Å². The fraction of sp³-hybridized carbons (Fsp3) is 0.500. The van der Waals surface area contributed by atoms with Crippen LogP contribution >= 0.6 is 0 Å². The molecule has 1 aromatic heterocycles. The van der Waals surface area contributed by atoms with Gasteiger partial charge in [-0.25, -0.2) is 9.36 Å². The molecule has 0 aliphatic rings. The van der Waals surface area contributed by atoms with Crippen LogP contribution in [0.2, 0.25) is 0 Å². The van der Waals surface area contributed by atoms with Gasteiger partial charge in [-0.2, -0.15) is 0 Å². The minimum atomic E-state index is -0.459. The highest BCUT2D eigenvalue weighted by Gasteiger charge is 2.00. The van der Waals surface area contributed by atoms with E-state index in [9.17, 15) is 4.79 Å². The molecule has 1 N–H and O–H groups in total. The van der Waals surface area contributed by atoms with Crippen LogP contribution in [0, 0.1) is 0 Å². The summed E-state index contributed by atoms with van der Waals surface area (Å²) < 4.78 is 5.56. The molecule has 50 valence electrons. The molecule has 0 aliphatic carbocycles. The quantitative estimate of drug-likeness (QED) is 0.550. The van der Waals surface area contributed by atoms with Gasteiger partial charge in [-0.15, -0.1) is 0 Å². The van der Waals surface area contributed by atoms with E-state index in [4.69, 9.17) is 0 Å². The lowest BCUT2D eigenvalue weighted by atomic mass is 10.9. The lowest BCUT2D eigenvalue weighted by Crippen LogP contribution is -2.11. The molecule has 9 heavy (non-hydrogen) atoms. The molecule has 0 bridgehead atoms. The van der Waals surface area contributed by atoms with Gasteiger partial charge < -0.3 is 5.32 Å². The van der Waals surface area contributed by atoms with E-state index < -0.39 is 5.76 Å². The summed E-state index contributed by atoms with van der Waals surface area (Å²) >= 11 is 0. The van der Waals surface area contributed by atoms with Gasteiger partial charge in [-0.05, 0) is 5.16 Å². The lowest BCUT2D eigenvalue weighted by molar-refractivity contribution is 0.380. The van der Waals surface area contributed by atoms with Gasteiger partial charge in [0.05, 0.1) is 0 Å². The number of rotatable bonds is 1. The highest BCUT2D eigenvalue weighted by atomic mass is 16.5. The summed E-state index contributed by atoms with van der Waals surface area (Å²) in [6.07, 6.45) is 0. The van der Waals surface area contributed by atoms with Gasteiger partial charge >= 0.3 is 5.76 Å². The molecule has 0 amide bonds. The fourth-order valence-corrected chi connectivity index (χ4v) is 0.505. The Balaban J connectivity index is 3.20. The zero-order valence-corrected chi connectivity index (χ0v) is 5.21. The molecule has 5 nitrogen and oxygen atoms in total. The second-order valence-corrected chi connectivity index (χ2v) is 1.58. The van der Waals surface area contributed by atoms with E-state index in [0.29, 0.717) is 5.95 Å². The van der Waals surface area contributed by atoms with Crippen molar-refractivity contribution in [2.24, 2.45) is 7.05 Å². The molecule has 1 aromatic rings. The molecule has 0 aromatic carbocycles. The Hall–Kier alpha value is -1.26. The maximum Gasteiger partial charge on any atom is 0.442 e. The first kappa shape index (κ1) is 5.87. The molecule has 1 rings (SSSR count). The van der Waals surface area contributed by atoms with E-state index >= 15 is 0 Å². The first-order valence-electron chi connectivity index (χ1n) is 2.46. The summed E-state index contributed by atoms with van der Waals surface area (Å²) in [5, 5.41) is 6.07. The van der Waals surface area contributed by atoms with Crippen molar-refractivity contribution in [1.82, 2.24) is 9.72 Å². The second kappa shape index (κ2) is 1.93. The van der Waals surface area contributed by atoms with Crippen LogP contribution in [0.15, 0.2) is 9.32 Å². The number of anilines is 1. The Morgan fingerprint density at radius 3 is 2.67 bits per heavy atom. The second-order valence-electron chi connectivity index (χ2n) is 1.58. The molecule has 0 radical (unpaired) electrons. The van der Waals surface area contributed by atoms with Crippen LogP contribution < -0.4 is 11.1 Å². The minimum Gasteiger partial charge on any atom is -0.356 e. The van der Waals surface area contributed by atoms with Crippen LogP contribution in [0.5, 0.6) is 0 Å². The number of hydrogen-bond acceptors (Lipinski definition) is 4. The standard InChI is InChI=1S/C4H7N3O2/c1-5-3-6-9-4(8)7(3)2/h1-2H3,(H,5,6). The Labute approximate surface area is 51.3 Å². The van der Waals surface area contributed by atoms with E-state index in [0.717, 1.165) is 0 Å². The summed E-state index contributed by atoms with van der Waals surface area (Å²) in [5.41, 5.74) is 0. The van der Waals surface area contributed by atoms with Gasteiger partial charge in [0.2, 0.25) is 5.95 Å². The number of hydrogen-bond donors (Lipinski definition) is 1. The van der Waals surface area contributed by atoms with Crippen LogP contribution in [-0.2, 0) is 7.05 Å². The summed E-state index contributed by atoms with van der Waals surface area (Å²) in [5.74, 6) is -0.0284. The highest BCUT2D eigenvalue weighted by molar-refractivity contribution is 5.19. The fourth-order valence-electron chi connectivity index (χ4n) is 0.505. The zero-order chi connectivity index (χ0) is 6.85. The van der Waals surface area contributed by atoms with Crippen molar-refractivity contribution in [2.75, 3.05) is 12.4 Å². The number of nitrogens with one attached hydrogen (secondary N) is 1. The summed E-state index contributed by atoms with van der Waals surface area (Å²) in [7, 11) is 3.24. The Bertz CT molecular complexity index is 249. The van der Waals surface area contributed by atoms with Crippen molar-refractivity contribution in [3.63, 3.8) is 0 Å². The minimum absolute atomic E-state index is 0.431. The molecule has 5 heteroatoms. The van der Waals surface area contributed by atoms with E-state index in [2.05, 4.69) is 15.0 Å². The third kappa shape index (κ3) is 0.802. The van der Waals surface area contributed by atoms with Crippen LogP contribution in [0.4, 0.5) is 5.95 Å². The van der Waals surface area contributed by atoms with Crippen molar-refractivity contribution in [3.05, 3.63) is 10.6 Å². The van der Waals surface area contributed by atoms with Crippen molar-refractivity contribution in [3.8, 4) is 0 Å². The largest absolute Gasteiger partial charge is 0.442 e. The summed E-state index contributed by atoms with van der Waals surface area (Å²) in [6, 6.07) is 0. The Kier molecular flexibility index (Phi) is 1.26. The van der Waals surface area contributed by atoms with E-state index in [-0.39, 0.29) is 0 Å². The molecule has 0 fully saturated rings. The molecule has 1 heterocycles. The van der Waals surface area contributed by atoms with Gasteiger partial charge in [-0.3, -0.25) is 4.52 Å². The van der Waals surface area contributed by atoms with Crippen molar-refractivity contribution in [1.29, 1.82) is 0 Å². The molecule has 0 atom stereocenters. The molecular weight excluding hydrogens is 122 g/mol. The molecule has 0 saturated heterocycles. The van der Waals surface area contributed by atoms with Gasteiger partial charge in [0, 0.05) is 14.1 Å². The third-order valence-corrected chi connectivity index (χ3v) is 1.03. The van der Waals surface area contributed by atoms with Crippen LogP contribution in [-0.4, -0.2) is 16.8 Å². The molecule has 0 spiro atoms. The predicted molar refractivity (Wildman–Crippen MR) is 31.3 cm³/mol. The van der Waals surface area contributed by atoms with Crippen molar-refractivity contribution < 1.29 is 4.52 Å². The van der Waals surface area contributed by atoms with Gasteiger partial charge in [0.25, 0.3) is 0 Å². The third-order valence-electron chi connectivity index (χ3n) is 1.03. The smallest absolute Gasteiger partial charge is 0.356 e. The molecular formula is C4H7N3O2. The van der Waals surface area contributed by atoms with E-state index in [1.54, 1.807) is 14.1 Å². The average Bonchev–Trinajstić information content (AvgIpc) is 2.15. The van der Waals surface area contributed by atoms with Gasteiger partial charge in [0.1, 0.15) is 0 Å². The van der Waals surface area contributed by atoms with Gasteiger partial charge in [0.15, 0.2) is 0 Å².